The van der Waals surface area contributed by atoms with Gasteiger partial charge in [0.2, 0.25) is 0 Å². The van der Waals surface area contributed by atoms with E-state index in [1.54, 1.807) is 31.4 Å². The molecule has 3 N–H and O–H groups in total. The monoisotopic (exact) mass is 436 g/mol. The normalized spacial score (nSPS) is 10.2. The van der Waals surface area contributed by atoms with Gasteiger partial charge < -0.3 is 20.7 Å². The summed E-state index contributed by atoms with van der Waals surface area (Å²) < 4.78 is 18.5. The molecule has 0 aliphatic carbocycles. The van der Waals surface area contributed by atoms with Crippen LogP contribution >= 0.6 is 0 Å². The SMILES string of the molecule is COc1ccc(NC(=O)N(CCNC(=O)Nc2ccccc2C)c2ccc(F)cc2)cc1. The minimum absolute atomic E-state index is 0.175. The number of rotatable bonds is 7. The number of carbonyl (C=O) groups excluding carboxylic acids is 2. The number of aryl methyl sites for hydroxylation is 1. The molecule has 7 nitrogen and oxygen atoms in total. The van der Waals surface area contributed by atoms with Crippen molar-refractivity contribution in [3.8, 4) is 5.75 Å². The van der Waals surface area contributed by atoms with E-state index in [0.29, 0.717) is 22.8 Å². The van der Waals surface area contributed by atoms with E-state index in [1.165, 1.54) is 29.2 Å². The second-order valence-electron chi connectivity index (χ2n) is 6.98. The van der Waals surface area contributed by atoms with Crippen molar-refractivity contribution in [3.63, 3.8) is 0 Å². The third kappa shape index (κ3) is 6.21. The molecule has 0 unspecified atom stereocenters. The molecule has 3 aromatic rings. The Balaban J connectivity index is 1.64. The molecule has 8 heteroatoms. The van der Waals surface area contributed by atoms with E-state index < -0.39 is 11.8 Å². The van der Waals surface area contributed by atoms with Crippen LogP contribution in [0, 0.1) is 12.7 Å². The molecule has 0 atom stereocenters. The van der Waals surface area contributed by atoms with Gasteiger partial charge in [0.15, 0.2) is 0 Å². The van der Waals surface area contributed by atoms with Crippen LogP contribution in [0.1, 0.15) is 5.56 Å². The molecule has 0 aromatic heterocycles. The Morgan fingerprint density at radius 3 is 2.28 bits per heavy atom. The molecule has 0 radical (unpaired) electrons. The van der Waals surface area contributed by atoms with Gasteiger partial charge in [-0.2, -0.15) is 0 Å². The Morgan fingerprint density at radius 2 is 1.62 bits per heavy atom. The quantitative estimate of drug-likeness (QED) is 0.487. The minimum atomic E-state index is -0.414. The summed E-state index contributed by atoms with van der Waals surface area (Å²) in [6, 6.07) is 19.1. The average Bonchev–Trinajstić information content (AvgIpc) is 2.79. The summed E-state index contributed by atoms with van der Waals surface area (Å²) in [6.45, 7) is 2.26. The second-order valence-corrected chi connectivity index (χ2v) is 6.98. The first-order chi connectivity index (χ1) is 15.5. The zero-order valence-corrected chi connectivity index (χ0v) is 17.9. The van der Waals surface area contributed by atoms with Gasteiger partial charge in [0.1, 0.15) is 11.6 Å². The second kappa shape index (κ2) is 10.8. The van der Waals surface area contributed by atoms with Crippen molar-refractivity contribution in [2.24, 2.45) is 0 Å². The van der Waals surface area contributed by atoms with Crippen LogP contribution in [0.4, 0.5) is 31.0 Å². The van der Waals surface area contributed by atoms with E-state index in [-0.39, 0.29) is 19.1 Å². The predicted molar refractivity (Wildman–Crippen MR) is 124 cm³/mol. The zero-order chi connectivity index (χ0) is 22.9. The Hall–Kier alpha value is -4.07. The molecule has 32 heavy (non-hydrogen) atoms. The molecule has 0 bridgehead atoms. The molecule has 0 spiro atoms. The number of hydrogen-bond acceptors (Lipinski definition) is 3. The number of benzene rings is 3. The number of nitrogens with zero attached hydrogens (tertiary/aromatic N) is 1. The first kappa shape index (κ1) is 22.6. The summed E-state index contributed by atoms with van der Waals surface area (Å²) in [5.41, 5.74) is 2.72. The van der Waals surface area contributed by atoms with Gasteiger partial charge in [-0.1, -0.05) is 18.2 Å². The molecule has 4 amide bonds. The molecule has 0 aliphatic heterocycles. The molecule has 3 rings (SSSR count). The van der Waals surface area contributed by atoms with Crippen LogP contribution in [0.25, 0.3) is 0 Å². The summed E-state index contributed by atoms with van der Waals surface area (Å²) in [4.78, 5) is 26.6. The number of methoxy groups -OCH3 is 1. The Kier molecular flexibility index (Phi) is 7.64. The van der Waals surface area contributed by atoms with E-state index in [0.717, 1.165) is 5.56 Å². The van der Waals surface area contributed by atoms with Crippen LogP contribution in [0.15, 0.2) is 72.8 Å². The van der Waals surface area contributed by atoms with E-state index in [4.69, 9.17) is 4.74 Å². The van der Waals surface area contributed by atoms with Crippen molar-refractivity contribution in [1.82, 2.24) is 5.32 Å². The van der Waals surface area contributed by atoms with Gasteiger partial charge in [-0.15, -0.1) is 0 Å². The number of urea groups is 2. The maximum Gasteiger partial charge on any atom is 0.326 e. The standard InChI is InChI=1S/C24H25FN4O3/c1-17-5-3-4-6-22(17)28-23(30)26-15-16-29(20-11-7-18(25)8-12-20)24(31)27-19-9-13-21(32-2)14-10-19/h3-14H,15-16H2,1-2H3,(H,27,31)(H2,26,28,30). The van der Waals surface area contributed by atoms with Crippen molar-refractivity contribution in [3.05, 3.63) is 84.2 Å². The number of halogens is 1. The largest absolute Gasteiger partial charge is 0.497 e. The van der Waals surface area contributed by atoms with Crippen LogP contribution < -0.4 is 25.6 Å². The highest BCUT2D eigenvalue weighted by Gasteiger charge is 2.16. The lowest BCUT2D eigenvalue weighted by atomic mass is 10.2. The molecule has 0 heterocycles. The van der Waals surface area contributed by atoms with Gasteiger partial charge in [0, 0.05) is 30.2 Å². The third-order valence-electron chi connectivity index (χ3n) is 4.74. The average molecular weight is 436 g/mol. The summed E-state index contributed by atoms with van der Waals surface area (Å²) in [5, 5.41) is 8.32. The topological polar surface area (TPSA) is 82.7 Å². The zero-order valence-electron chi connectivity index (χ0n) is 17.9. The maximum atomic E-state index is 13.4. The molecular weight excluding hydrogens is 411 g/mol. The van der Waals surface area contributed by atoms with Crippen molar-refractivity contribution in [2.75, 3.05) is 35.7 Å². The van der Waals surface area contributed by atoms with Crippen molar-refractivity contribution in [1.29, 1.82) is 0 Å². The van der Waals surface area contributed by atoms with Gasteiger partial charge in [-0.3, -0.25) is 4.90 Å². The van der Waals surface area contributed by atoms with Gasteiger partial charge in [0.25, 0.3) is 0 Å². The molecule has 0 saturated carbocycles. The number of anilines is 3. The van der Waals surface area contributed by atoms with Crippen molar-refractivity contribution in [2.45, 2.75) is 6.92 Å². The maximum absolute atomic E-state index is 13.4. The highest BCUT2D eigenvalue weighted by Crippen LogP contribution is 2.19. The smallest absolute Gasteiger partial charge is 0.326 e. The molecule has 0 aliphatic rings. The lowest BCUT2D eigenvalue weighted by Gasteiger charge is -2.23. The molecule has 166 valence electrons. The number of ether oxygens (including phenoxy) is 1. The third-order valence-corrected chi connectivity index (χ3v) is 4.74. The number of para-hydroxylation sites is 1. The van der Waals surface area contributed by atoms with E-state index >= 15 is 0 Å². The van der Waals surface area contributed by atoms with E-state index in [2.05, 4.69) is 16.0 Å². The lowest BCUT2D eigenvalue weighted by Crippen LogP contribution is -2.42. The fraction of sp³-hybridized carbons (Fsp3) is 0.167. The fourth-order valence-electron chi connectivity index (χ4n) is 3.00. The van der Waals surface area contributed by atoms with Gasteiger partial charge in [-0.05, 0) is 67.1 Å². The molecule has 0 fully saturated rings. The van der Waals surface area contributed by atoms with Crippen molar-refractivity contribution >= 4 is 29.1 Å². The number of amides is 4. The fourth-order valence-corrected chi connectivity index (χ4v) is 3.00. The Labute approximate surface area is 186 Å². The molecule has 3 aromatic carbocycles. The first-order valence-corrected chi connectivity index (χ1v) is 10.0. The van der Waals surface area contributed by atoms with Crippen LogP contribution in [-0.2, 0) is 0 Å². The highest BCUT2D eigenvalue weighted by molar-refractivity contribution is 6.01. The van der Waals surface area contributed by atoms with Crippen molar-refractivity contribution < 1.29 is 18.7 Å². The molecule has 0 saturated heterocycles. The van der Waals surface area contributed by atoms with Crippen LogP contribution in [0.2, 0.25) is 0 Å². The van der Waals surface area contributed by atoms with E-state index in [9.17, 15) is 14.0 Å². The van der Waals surface area contributed by atoms with Gasteiger partial charge in [0.05, 0.1) is 7.11 Å². The number of carbonyl (C=O) groups is 2. The first-order valence-electron chi connectivity index (χ1n) is 10.0. The minimum Gasteiger partial charge on any atom is -0.497 e. The summed E-state index contributed by atoms with van der Waals surface area (Å²) in [5.74, 6) is 0.266. The van der Waals surface area contributed by atoms with Crippen LogP contribution in [-0.4, -0.2) is 32.3 Å². The number of hydrogen-bond donors (Lipinski definition) is 3. The lowest BCUT2D eigenvalue weighted by molar-refractivity contribution is 0.250. The van der Waals surface area contributed by atoms with E-state index in [1.807, 2.05) is 31.2 Å². The van der Waals surface area contributed by atoms with Crippen LogP contribution in [0.3, 0.4) is 0 Å². The van der Waals surface area contributed by atoms with Crippen LogP contribution in [0.5, 0.6) is 5.75 Å². The summed E-state index contributed by atoms with van der Waals surface area (Å²) >= 11 is 0. The summed E-state index contributed by atoms with van der Waals surface area (Å²) in [6.07, 6.45) is 0. The Morgan fingerprint density at radius 1 is 0.938 bits per heavy atom. The highest BCUT2D eigenvalue weighted by atomic mass is 19.1. The molecular formula is C24H25FN4O3. The Bertz CT molecular complexity index is 1060. The summed E-state index contributed by atoms with van der Waals surface area (Å²) in [7, 11) is 1.56. The predicted octanol–water partition coefficient (Wildman–Crippen LogP) is 5.00. The number of nitrogens with one attached hydrogen (secondary N) is 3. The van der Waals surface area contributed by atoms with Gasteiger partial charge >= 0.3 is 12.1 Å². The van der Waals surface area contributed by atoms with Gasteiger partial charge in [-0.25, -0.2) is 14.0 Å².